The molecule has 0 aliphatic carbocycles. The van der Waals surface area contributed by atoms with Crippen LogP contribution in [0, 0.1) is 5.82 Å². The molecule has 2 fully saturated rings. The maximum absolute atomic E-state index is 14.0. The van der Waals surface area contributed by atoms with Crippen LogP contribution in [0.3, 0.4) is 0 Å². The Morgan fingerprint density at radius 1 is 1.25 bits per heavy atom. The zero-order valence-electron chi connectivity index (χ0n) is 11.9. The standard InChI is InChI=1S/C16H21FN2O/c1-12(20)16-14(17)6-2-7-15(16)19-10-4-9-18-8-3-5-13(18)11-19/h2,6-7,13H,3-5,8-11H2,1H3. The summed E-state index contributed by atoms with van der Waals surface area (Å²) in [4.78, 5) is 16.5. The molecule has 1 aromatic rings. The molecule has 0 bridgehead atoms. The highest BCUT2D eigenvalue weighted by atomic mass is 19.1. The molecule has 4 heteroatoms. The summed E-state index contributed by atoms with van der Waals surface area (Å²) in [6, 6.07) is 5.51. The van der Waals surface area contributed by atoms with Crippen LogP contribution in [0.15, 0.2) is 18.2 Å². The fraction of sp³-hybridized carbons (Fsp3) is 0.562. The lowest BCUT2D eigenvalue weighted by Crippen LogP contribution is -2.37. The lowest BCUT2D eigenvalue weighted by Gasteiger charge is -2.28. The van der Waals surface area contributed by atoms with Crippen molar-refractivity contribution < 1.29 is 9.18 Å². The first-order chi connectivity index (χ1) is 9.66. The third-order valence-electron chi connectivity index (χ3n) is 4.49. The second-order valence-electron chi connectivity index (χ2n) is 5.82. The van der Waals surface area contributed by atoms with E-state index >= 15 is 0 Å². The molecule has 0 spiro atoms. The van der Waals surface area contributed by atoms with Gasteiger partial charge < -0.3 is 4.90 Å². The van der Waals surface area contributed by atoms with Crippen molar-refractivity contribution in [1.82, 2.24) is 4.90 Å². The first-order valence-electron chi connectivity index (χ1n) is 7.45. The minimum atomic E-state index is -0.400. The lowest BCUT2D eigenvalue weighted by atomic mass is 10.1. The highest BCUT2D eigenvalue weighted by Crippen LogP contribution is 2.28. The molecule has 3 nitrogen and oxygen atoms in total. The van der Waals surface area contributed by atoms with Crippen molar-refractivity contribution in [2.24, 2.45) is 0 Å². The largest absolute Gasteiger partial charge is 0.369 e. The van der Waals surface area contributed by atoms with Crippen molar-refractivity contribution in [3.63, 3.8) is 0 Å². The van der Waals surface area contributed by atoms with Crippen LogP contribution in [0.2, 0.25) is 0 Å². The number of anilines is 1. The maximum atomic E-state index is 14.0. The molecule has 2 heterocycles. The fourth-order valence-corrected chi connectivity index (χ4v) is 3.55. The van der Waals surface area contributed by atoms with Crippen LogP contribution in [0.1, 0.15) is 36.5 Å². The minimum Gasteiger partial charge on any atom is -0.369 e. The third kappa shape index (κ3) is 2.44. The Hall–Kier alpha value is -1.42. The molecule has 1 unspecified atom stereocenters. The smallest absolute Gasteiger partial charge is 0.164 e. The van der Waals surface area contributed by atoms with E-state index < -0.39 is 5.82 Å². The molecule has 108 valence electrons. The summed E-state index contributed by atoms with van der Waals surface area (Å²) in [6.45, 7) is 5.55. The molecule has 1 atom stereocenters. The van der Waals surface area contributed by atoms with Gasteiger partial charge in [-0.1, -0.05) is 6.07 Å². The molecule has 2 aliphatic rings. The van der Waals surface area contributed by atoms with E-state index in [1.807, 2.05) is 6.07 Å². The molecule has 1 aromatic carbocycles. The van der Waals surface area contributed by atoms with E-state index in [1.165, 1.54) is 32.4 Å². The molecule has 20 heavy (non-hydrogen) atoms. The van der Waals surface area contributed by atoms with Crippen LogP contribution in [-0.2, 0) is 0 Å². The van der Waals surface area contributed by atoms with Gasteiger partial charge in [0.05, 0.1) is 11.3 Å². The Labute approximate surface area is 119 Å². The molecular formula is C16H21FN2O. The SMILES string of the molecule is CC(=O)c1c(F)cccc1N1CCCN2CCCC2C1. The summed E-state index contributed by atoms with van der Waals surface area (Å²) in [5, 5.41) is 0. The predicted molar refractivity (Wildman–Crippen MR) is 77.8 cm³/mol. The summed E-state index contributed by atoms with van der Waals surface area (Å²) >= 11 is 0. The number of hydrogen-bond acceptors (Lipinski definition) is 3. The van der Waals surface area contributed by atoms with Gasteiger partial charge in [-0.25, -0.2) is 4.39 Å². The van der Waals surface area contributed by atoms with E-state index in [4.69, 9.17) is 0 Å². The number of hydrogen-bond donors (Lipinski definition) is 0. The van der Waals surface area contributed by atoms with Gasteiger partial charge in [-0.3, -0.25) is 9.69 Å². The van der Waals surface area contributed by atoms with Gasteiger partial charge in [-0.05, 0) is 44.9 Å². The zero-order valence-corrected chi connectivity index (χ0v) is 11.9. The number of Topliss-reactive ketones (excluding diaryl/α,β-unsaturated/α-hetero) is 1. The number of ketones is 1. The van der Waals surface area contributed by atoms with Gasteiger partial charge in [-0.2, -0.15) is 0 Å². The fourth-order valence-electron chi connectivity index (χ4n) is 3.55. The molecule has 2 saturated heterocycles. The Kier molecular flexibility index (Phi) is 3.74. The topological polar surface area (TPSA) is 23.6 Å². The van der Waals surface area contributed by atoms with Crippen molar-refractivity contribution in [3.8, 4) is 0 Å². The quantitative estimate of drug-likeness (QED) is 0.776. The maximum Gasteiger partial charge on any atom is 0.164 e. The second-order valence-corrected chi connectivity index (χ2v) is 5.82. The Balaban J connectivity index is 1.92. The van der Waals surface area contributed by atoms with Crippen LogP contribution in [0.5, 0.6) is 0 Å². The number of halogens is 1. The van der Waals surface area contributed by atoms with Crippen LogP contribution in [-0.4, -0.2) is 42.9 Å². The van der Waals surface area contributed by atoms with Crippen molar-refractivity contribution >= 4 is 11.5 Å². The first-order valence-corrected chi connectivity index (χ1v) is 7.45. The van der Waals surface area contributed by atoms with Crippen molar-refractivity contribution in [2.75, 3.05) is 31.1 Å². The van der Waals surface area contributed by atoms with Crippen LogP contribution >= 0.6 is 0 Å². The Bertz CT molecular complexity index is 517. The molecule has 0 aromatic heterocycles. The molecule has 0 N–H and O–H groups in total. The average molecular weight is 276 g/mol. The third-order valence-corrected chi connectivity index (χ3v) is 4.49. The van der Waals surface area contributed by atoms with E-state index in [2.05, 4.69) is 9.80 Å². The molecule has 0 radical (unpaired) electrons. The summed E-state index contributed by atoms with van der Waals surface area (Å²) < 4.78 is 14.0. The average Bonchev–Trinajstić information content (AvgIpc) is 2.75. The van der Waals surface area contributed by atoms with Gasteiger partial charge in [0, 0.05) is 25.7 Å². The Morgan fingerprint density at radius 2 is 2.05 bits per heavy atom. The summed E-state index contributed by atoms with van der Waals surface area (Å²) in [5.74, 6) is -0.590. The van der Waals surface area contributed by atoms with Crippen LogP contribution < -0.4 is 4.90 Å². The normalized spacial score (nSPS) is 23.5. The number of fused-ring (bicyclic) bond motifs is 1. The van der Waals surface area contributed by atoms with E-state index in [-0.39, 0.29) is 11.3 Å². The van der Waals surface area contributed by atoms with Gasteiger partial charge in [0.25, 0.3) is 0 Å². The summed E-state index contributed by atoms with van der Waals surface area (Å²) in [6.07, 6.45) is 3.53. The van der Waals surface area contributed by atoms with Gasteiger partial charge in [-0.15, -0.1) is 0 Å². The second kappa shape index (κ2) is 5.52. The molecule has 2 aliphatic heterocycles. The van der Waals surface area contributed by atoms with Crippen LogP contribution in [0.4, 0.5) is 10.1 Å². The number of nitrogens with zero attached hydrogens (tertiary/aromatic N) is 2. The monoisotopic (exact) mass is 276 g/mol. The summed E-state index contributed by atoms with van der Waals surface area (Å²) in [7, 11) is 0. The van der Waals surface area contributed by atoms with Crippen molar-refractivity contribution in [1.29, 1.82) is 0 Å². The van der Waals surface area contributed by atoms with E-state index in [0.717, 1.165) is 31.7 Å². The van der Waals surface area contributed by atoms with E-state index in [9.17, 15) is 9.18 Å². The van der Waals surface area contributed by atoms with E-state index in [1.54, 1.807) is 6.07 Å². The first kappa shape index (κ1) is 13.6. The summed E-state index contributed by atoms with van der Waals surface area (Å²) in [5.41, 5.74) is 1.02. The van der Waals surface area contributed by atoms with Gasteiger partial charge in [0.1, 0.15) is 5.82 Å². The number of benzene rings is 1. The van der Waals surface area contributed by atoms with Crippen molar-refractivity contribution in [2.45, 2.75) is 32.2 Å². The number of carbonyl (C=O) groups excluding carboxylic acids is 1. The Morgan fingerprint density at radius 3 is 2.85 bits per heavy atom. The van der Waals surface area contributed by atoms with Gasteiger partial charge >= 0.3 is 0 Å². The minimum absolute atomic E-state index is 0.189. The molecule has 0 amide bonds. The number of carbonyl (C=O) groups is 1. The number of rotatable bonds is 2. The van der Waals surface area contributed by atoms with Crippen molar-refractivity contribution in [3.05, 3.63) is 29.6 Å². The molecular weight excluding hydrogens is 255 g/mol. The van der Waals surface area contributed by atoms with E-state index in [0.29, 0.717) is 6.04 Å². The van der Waals surface area contributed by atoms with Crippen LogP contribution in [0.25, 0.3) is 0 Å². The zero-order chi connectivity index (χ0) is 14.1. The molecule has 3 rings (SSSR count). The highest BCUT2D eigenvalue weighted by Gasteiger charge is 2.30. The highest BCUT2D eigenvalue weighted by molar-refractivity contribution is 6.00. The van der Waals surface area contributed by atoms with Gasteiger partial charge in [0.15, 0.2) is 5.78 Å². The van der Waals surface area contributed by atoms with Gasteiger partial charge in [0.2, 0.25) is 0 Å². The molecule has 0 saturated carbocycles. The lowest BCUT2D eigenvalue weighted by molar-refractivity contribution is 0.101. The predicted octanol–water partition coefficient (Wildman–Crippen LogP) is 2.70.